The quantitative estimate of drug-likeness (QED) is 0.773. The molecule has 0 bridgehead atoms. The highest BCUT2D eigenvalue weighted by Gasteiger charge is 2.04. The number of hydrogen-bond donors (Lipinski definition) is 1. The van der Waals surface area contributed by atoms with E-state index in [9.17, 15) is 0 Å². The summed E-state index contributed by atoms with van der Waals surface area (Å²) in [4.78, 5) is 2.29. The maximum atomic E-state index is 6.96. The molecule has 18 heavy (non-hydrogen) atoms. The molecule has 3 nitrogen and oxygen atoms in total. The van der Waals surface area contributed by atoms with Gasteiger partial charge < -0.3 is 4.90 Å². The first-order valence-corrected chi connectivity index (χ1v) is 6.10. The van der Waals surface area contributed by atoms with E-state index in [1.165, 1.54) is 5.56 Å². The summed E-state index contributed by atoms with van der Waals surface area (Å²) < 4.78 is 0. The summed E-state index contributed by atoms with van der Waals surface area (Å²) in [6.07, 6.45) is 0. The van der Waals surface area contributed by atoms with Crippen molar-refractivity contribution in [3.05, 3.63) is 60.2 Å². The van der Waals surface area contributed by atoms with Crippen LogP contribution in [0.2, 0.25) is 0 Å². The third kappa shape index (κ3) is 2.94. The monoisotopic (exact) mass is 239 g/mol. The Balaban J connectivity index is 2.15. The van der Waals surface area contributed by atoms with Crippen molar-refractivity contribution in [1.82, 2.24) is 0 Å². The fourth-order valence-corrected chi connectivity index (χ4v) is 1.93. The van der Waals surface area contributed by atoms with Crippen molar-refractivity contribution in [2.75, 3.05) is 11.4 Å². The van der Waals surface area contributed by atoms with E-state index in [2.05, 4.69) is 41.2 Å². The van der Waals surface area contributed by atoms with Gasteiger partial charge >= 0.3 is 0 Å². The Bertz CT molecular complexity index is 491. The van der Waals surface area contributed by atoms with Gasteiger partial charge in [0.1, 0.15) is 0 Å². The molecule has 2 aromatic rings. The lowest BCUT2D eigenvalue weighted by Gasteiger charge is -2.23. The molecule has 0 fully saturated rings. The Morgan fingerprint density at radius 3 is 2.22 bits per heavy atom. The maximum Gasteiger partial charge on any atom is 0.0851 e. The average Bonchev–Trinajstić information content (AvgIpc) is 2.46. The summed E-state index contributed by atoms with van der Waals surface area (Å²) in [7, 11) is 0. The number of hydrogen-bond acceptors (Lipinski definition) is 3. The van der Waals surface area contributed by atoms with Crippen molar-refractivity contribution in [1.29, 1.82) is 5.53 Å². The van der Waals surface area contributed by atoms with Crippen LogP contribution in [0.1, 0.15) is 12.5 Å². The van der Waals surface area contributed by atoms with E-state index in [-0.39, 0.29) is 0 Å². The summed E-state index contributed by atoms with van der Waals surface area (Å²) in [5, 5.41) is 3.41. The second kappa shape index (κ2) is 5.96. The van der Waals surface area contributed by atoms with E-state index in [0.717, 1.165) is 18.8 Å². The van der Waals surface area contributed by atoms with Crippen LogP contribution < -0.4 is 4.90 Å². The van der Waals surface area contributed by atoms with Gasteiger partial charge in [-0.2, -0.15) is 5.11 Å². The van der Waals surface area contributed by atoms with Crippen LogP contribution in [0.3, 0.4) is 0 Å². The zero-order valence-electron chi connectivity index (χ0n) is 10.5. The largest absolute Gasteiger partial charge is 0.367 e. The van der Waals surface area contributed by atoms with Gasteiger partial charge in [0.2, 0.25) is 0 Å². The van der Waals surface area contributed by atoms with E-state index in [1.807, 2.05) is 30.3 Å². The van der Waals surface area contributed by atoms with Crippen molar-refractivity contribution < 1.29 is 0 Å². The lowest BCUT2D eigenvalue weighted by molar-refractivity contribution is 0.832. The maximum absolute atomic E-state index is 6.96. The highest BCUT2D eigenvalue weighted by Crippen LogP contribution is 2.21. The van der Waals surface area contributed by atoms with E-state index in [4.69, 9.17) is 5.53 Å². The smallest absolute Gasteiger partial charge is 0.0851 e. The van der Waals surface area contributed by atoms with Gasteiger partial charge in [-0.3, -0.25) is 0 Å². The molecule has 0 radical (unpaired) electrons. The van der Waals surface area contributed by atoms with Crippen LogP contribution in [-0.4, -0.2) is 6.54 Å². The number of nitrogens with zero attached hydrogens (tertiary/aromatic N) is 2. The van der Waals surface area contributed by atoms with Crippen LogP contribution in [0.4, 0.5) is 11.4 Å². The second-order valence-electron chi connectivity index (χ2n) is 4.13. The first-order valence-electron chi connectivity index (χ1n) is 6.10. The van der Waals surface area contributed by atoms with Gasteiger partial charge in [-0.15, -0.1) is 0 Å². The first kappa shape index (κ1) is 12.3. The van der Waals surface area contributed by atoms with Crippen molar-refractivity contribution in [3.63, 3.8) is 0 Å². The fourth-order valence-electron chi connectivity index (χ4n) is 1.93. The van der Waals surface area contributed by atoms with Crippen LogP contribution in [0.25, 0.3) is 0 Å². The standard InChI is InChI=1S/C15H17N3/c1-2-18(12-13-6-4-3-5-7-13)15-10-8-14(17-16)9-11-15/h3-11,16H,2,12H2,1H3. The Hall–Kier alpha value is -2.16. The average molecular weight is 239 g/mol. The van der Waals surface area contributed by atoms with Gasteiger partial charge in [-0.05, 0) is 36.8 Å². The zero-order chi connectivity index (χ0) is 12.8. The van der Waals surface area contributed by atoms with Crippen LogP contribution in [0.5, 0.6) is 0 Å². The molecule has 1 N–H and O–H groups in total. The highest BCUT2D eigenvalue weighted by atomic mass is 15.1. The van der Waals surface area contributed by atoms with Crippen molar-refractivity contribution in [2.45, 2.75) is 13.5 Å². The summed E-state index contributed by atoms with van der Waals surface area (Å²) in [6, 6.07) is 18.2. The third-order valence-corrected chi connectivity index (χ3v) is 2.94. The lowest BCUT2D eigenvalue weighted by atomic mass is 10.2. The Morgan fingerprint density at radius 2 is 1.67 bits per heavy atom. The van der Waals surface area contributed by atoms with E-state index in [1.54, 1.807) is 0 Å². The summed E-state index contributed by atoms with van der Waals surface area (Å²) in [5.41, 5.74) is 10.1. The number of rotatable bonds is 5. The normalized spacial score (nSPS) is 10.1. The Kier molecular flexibility index (Phi) is 4.07. The predicted molar refractivity (Wildman–Crippen MR) is 74.4 cm³/mol. The minimum Gasteiger partial charge on any atom is -0.367 e. The van der Waals surface area contributed by atoms with Crippen LogP contribution in [0, 0.1) is 5.53 Å². The van der Waals surface area contributed by atoms with Gasteiger partial charge in [0, 0.05) is 18.8 Å². The first-order chi connectivity index (χ1) is 8.83. The lowest BCUT2D eigenvalue weighted by Crippen LogP contribution is -2.21. The van der Waals surface area contributed by atoms with Crippen LogP contribution in [0.15, 0.2) is 59.7 Å². The van der Waals surface area contributed by atoms with Gasteiger partial charge in [-0.25, -0.2) is 5.53 Å². The molecule has 0 atom stereocenters. The minimum absolute atomic E-state index is 0.689. The van der Waals surface area contributed by atoms with Gasteiger partial charge in [0.15, 0.2) is 0 Å². The Morgan fingerprint density at radius 1 is 1.00 bits per heavy atom. The number of benzene rings is 2. The molecule has 0 amide bonds. The van der Waals surface area contributed by atoms with Crippen LogP contribution >= 0.6 is 0 Å². The van der Waals surface area contributed by atoms with Gasteiger partial charge in [-0.1, -0.05) is 30.3 Å². The molecule has 0 heterocycles. The SMILES string of the molecule is CCN(Cc1ccccc1)c1ccc(N=N)cc1. The third-order valence-electron chi connectivity index (χ3n) is 2.94. The molecule has 0 unspecified atom stereocenters. The minimum atomic E-state index is 0.689. The van der Waals surface area contributed by atoms with Crippen LogP contribution in [-0.2, 0) is 6.54 Å². The highest BCUT2D eigenvalue weighted by molar-refractivity contribution is 5.52. The molecule has 2 aromatic carbocycles. The molecule has 0 aliphatic carbocycles. The van der Waals surface area contributed by atoms with E-state index < -0.39 is 0 Å². The molecule has 0 saturated carbocycles. The van der Waals surface area contributed by atoms with Gasteiger partial charge in [0.05, 0.1) is 5.69 Å². The summed E-state index contributed by atoms with van der Waals surface area (Å²) in [5.74, 6) is 0. The zero-order valence-corrected chi connectivity index (χ0v) is 10.5. The van der Waals surface area contributed by atoms with Crippen molar-refractivity contribution in [3.8, 4) is 0 Å². The summed E-state index contributed by atoms with van der Waals surface area (Å²) in [6.45, 7) is 3.99. The van der Waals surface area contributed by atoms with Crippen molar-refractivity contribution in [2.24, 2.45) is 5.11 Å². The van der Waals surface area contributed by atoms with Gasteiger partial charge in [0.25, 0.3) is 0 Å². The summed E-state index contributed by atoms with van der Waals surface area (Å²) >= 11 is 0. The van der Waals surface area contributed by atoms with E-state index >= 15 is 0 Å². The molecule has 3 heteroatoms. The molecule has 2 rings (SSSR count). The Labute approximate surface area is 108 Å². The molecule has 0 aromatic heterocycles. The number of anilines is 1. The molecular formula is C15H17N3. The molecular weight excluding hydrogens is 222 g/mol. The number of nitrogens with one attached hydrogen (secondary N) is 1. The topological polar surface area (TPSA) is 39.5 Å². The van der Waals surface area contributed by atoms with E-state index in [0.29, 0.717) is 5.69 Å². The van der Waals surface area contributed by atoms with Crippen molar-refractivity contribution >= 4 is 11.4 Å². The fraction of sp³-hybridized carbons (Fsp3) is 0.200. The predicted octanol–water partition coefficient (Wildman–Crippen LogP) is 4.38. The molecule has 0 aliphatic heterocycles. The molecule has 92 valence electrons. The second-order valence-corrected chi connectivity index (χ2v) is 4.13. The molecule has 0 aliphatic rings. The molecule has 0 spiro atoms. The molecule has 0 saturated heterocycles.